The van der Waals surface area contributed by atoms with Crippen molar-refractivity contribution in [2.75, 3.05) is 5.43 Å². The van der Waals surface area contributed by atoms with E-state index in [1.54, 1.807) is 4.68 Å². The number of fused-ring (bicyclic) bond motifs is 2. The van der Waals surface area contributed by atoms with E-state index >= 15 is 0 Å². The third kappa shape index (κ3) is 1.79. The predicted octanol–water partition coefficient (Wildman–Crippen LogP) is 3.63. The topological polar surface area (TPSA) is 43.0 Å². The Balaban J connectivity index is 1.70. The minimum atomic E-state index is -0.934. The van der Waals surface area contributed by atoms with Crippen LogP contribution in [-0.4, -0.2) is 21.2 Å². The first-order valence-electron chi connectivity index (χ1n) is 6.36. The van der Waals surface area contributed by atoms with Crippen molar-refractivity contribution in [3.8, 4) is 11.5 Å². The molecule has 2 atom stereocenters. The highest BCUT2D eigenvalue weighted by molar-refractivity contribution is 8.00. The first kappa shape index (κ1) is 11.8. The summed E-state index contributed by atoms with van der Waals surface area (Å²) in [6.45, 7) is 1.54. The number of benzene rings is 1. The highest BCUT2D eigenvalue weighted by atomic mass is 32.2. The summed E-state index contributed by atoms with van der Waals surface area (Å²) in [5.41, 5.74) is 4.65. The van der Waals surface area contributed by atoms with Crippen LogP contribution in [0.2, 0.25) is 0 Å². The third-order valence-corrected chi connectivity index (χ3v) is 4.50. The van der Waals surface area contributed by atoms with E-state index in [2.05, 4.69) is 10.4 Å². The Morgan fingerprint density at radius 2 is 2.30 bits per heavy atom. The second-order valence-electron chi connectivity index (χ2n) is 4.77. The van der Waals surface area contributed by atoms with Crippen LogP contribution in [0.1, 0.15) is 6.92 Å². The second-order valence-corrected chi connectivity index (χ2v) is 5.88. The molecule has 1 N–H and O–H groups in total. The van der Waals surface area contributed by atoms with E-state index in [1.807, 2.05) is 36.5 Å². The van der Waals surface area contributed by atoms with Gasteiger partial charge in [0, 0.05) is 5.39 Å². The number of alkyl halides is 1. The minimum Gasteiger partial charge on any atom is -0.454 e. The number of aromatic nitrogens is 2. The lowest BCUT2D eigenvalue weighted by Gasteiger charge is -2.10. The lowest BCUT2D eigenvalue weighted by molar-refractivity contribution is 0.358. The highest BCUT2D eigenvalue weighted by Gasteiger charge is 2.28. The average Bonchev–Trinajstić information content (AvgIpc) is 3.09. The number of halogens is 1. The van der Waals surface area contributed by atoms with E-state index in [4.69, 9.17) is 4.42 Å². The molecule has 1 aromatic carbocycles. The summed E-state index contributed by atoms with van der Waals surface area (Å²) in [7, 11) is 0. The van der Waals surface area contributed by atoms with Crippen LogP contribution in [0.15, 0.2) is 46.1 Å². The van der Waals surface area contributed by atoms with Gasteiger partial charge in [0.05, 0.1) is 6.20 Å². The first-order valence-corrected chi connectivity index (χ1v) is 7.24. The lowest BCUT2D eigenvalue weighted by Crippen LogP contribution is -2.25. The molecule has 3 aromatic rings. The molecule has 1 aliphatic heterocycles. The fourth-order valence-electron chi connectivity index (χ4n) is 2.24. The van der Waals surface area contributed by atoms with Crippen molar-refractivity contribution in [2.45, 2.75) is 23.6 Å². The van der Waals surface area contributed by atoms with Crippen molar-refractivity contribution in [3.05, 3.63) is 36.5 Å². The number of hydrogen-bond donors (Lipinski definition) is 1. The molecule has 0 aliphatic carbocycles. The van der Waals surface area contributed by atoms with Gasteiger partial charge in [0.1, 0.15) is 22.8 Å². The Hall–Kier alpha value is -1.95. The van der Waals surface area contributed by atoms with Gasteiger partial charge < -0.3 is 9.84 Å². The molecule has 0 amide bonds. The predicted molar refractivity (Wildman–Crippen MR) is 77.0 cm³/mol. The van der Waals surface area contributed by atoms with Gasteiger partial charge in [-0.05, 0) is 19.1 Å². The monoisotopic (exact) mass is 289 g/mol. The normalized spacial score (nSPS) is 19.0. The Morgan fingerprint density at radius 3 is 3.05 bits per heavy atom. The van der Waals surface area contributed by atoms with Crippen LogP contribution >= 0.6 is 11.8 Å². The van der Waals surface area contributed by atoms with Gasteiger partial charge in [-0.2, -0.15) is 0 Å². The molecule has 4 nitrogen and oxygen atoms in total. The number of para-hydroxylation sites is 1. The van der Waals surface area contributed by atoms with Gasteiger partial charge in [0.15, 0.2) is 10.9 Å². The maximum absolute atomic E-state index is 13.3. The van der Waals surface area contributed by atoms with Crippen LogP contribution in [0, 0.1) is 0 Å². The maximum atomic E-state index is 13.3. The molecular formula is C14H12FN3OS. The van der Waals surface area contributed by atoms with Crippen LogP contribution in [0.4, 0.5) is 4.39 Å². The highest BCUT2D eigenvalue weighted by Crippen LogP contribution is 2.34. The van der Waals surface area contributed by atoms with Gasteiger partial charge >= 0.3 is 0 Å². The number of rotatable bonds is 2. The molecule has 0 bridgehead atoms. The zero-order valence-corrected chi connectivity index (χ0v) is 11.5. The van der Waals surface area contributed by atoms with Crippen molar-refractivity contribution in [1.29, 1.82) is 0 Å². The first-order chi connectivity index (χ1) is 9.70. The van der Waals surface area contributed by atoms with Crippen molar-refractivity contribution in [1.82, 2.24) is 9.66 Å². The summed E-state index contributed by atoms with van der Waals surface area (Å²) < 4.78 is 20.8. The number of furan rings is 1. The summed E-state index contributed by atoms with van der Waals surface area (Å²) in [5.74, 6) is 0.723. The van der Waals surface area contributed by atoms with Gasteiger partial charge in [-0.15, -0.1) is 0 Å². The van der Waals surface area contributed by atoms with Crippen molar-refractivity contribution >= 4 is 22.7 Å². The fraction of sp³-hybridized carbons (Fsp3) is 0.214. The zero-order chi connectivity index (χ0) is 13.7. The SMILES string of the molecule is CC(F)C1Nn2cc(-c3cc4ccccc4o3)nc2S1. The van der Waals surface area contributed by atoms with E-state index in [-0.39, 0.29) is 5.37 Å². The van der Waals surface area contributed by atoms with E-state index in [1.165, 1.54) is 18.7 Å². The van der Waals surface area contributed by atoms with Gasteiger partial charge in [-0.25, -0.2) is 14.1 Å². The Labute approximate surface area is 119 Å². The molecular weight excluding hydrogens is 277 g/mol. The molecule has 1 aliphatic rings. The minimum absolute atomic E-state index is 0.276. The molecule has 2 unspecified atom stereocenters. The lowest BCUT2D eigenvalue weighted by atomic mass is 10.2. The molecule has 3 heterocycles. The molecule has 0 saturated carbocycles. The van der Waals surface area contributed by atoms with E-state index in [9.17, 15) is 4.39 Å². The quantitative estimate of drug-likeness (QED) is 0.782. The van der Waals surface area contributed by atoms with E-state index in [0.29, 0.717) is 0 Å². The van der Waals surface area contributed by atoms with Crippen LogP contribution in [0.25, 0.3) is 22.4 Å². The number of thioether (sulfide) groups is 1. The molecule has 20 heavy (non-hydrogen) atoms. The number of nitrogens with one attached hydrogen (secondary N) is 1. The van der Waals surface area contributed by atoms with Gasteiger partial charge in [-0.1, -0.05) is 30.0 Å². The Bertz CT molecular complexity index is 723. The summed E-state index contributed by atoms with van der Waals surface area (Å²) >= 11 is 1.39. The smallest absolute Gasteiger partial charge is 0.189 e. The molecule has 0 radical (unpaired) electrons. The third-order valence-electron chi connectivity index (χ3n) is 3.27. The van der Waals surface area contributed by atoms with Crippen molar-refractivity contribution in [2.24, 2.45) is 0 Å². The maximum Gasteiger partial charge on any atom is 0.189 e. The van der Waals surface area contributed by atoms with Gasteiger partial charge in [-0.3, -0.25) is 0 Å². The van der Waals surface area contributed by atoms with Gasteiger partial charge in [0.25, 0.3) is 0 Å². The van der Waals surface area contributed by atoms with E-state index in [0.717, 1.165) is 27.6 Å². The summed E-state index contributed by atoms with van der Waals surface area (Å²) in [4.78, 5) is 4.49. The molecule has 2 aromatic heterocycles. The zero-order valence-electron chi connectivity index (χ0n) is 10.7. The van der Waals surface area contributed by atoms with Gasteiger partial charge in [0.2, 0.25) is 0 Å². The Kier molecular flexibility index (Phi) is 2.53. The molecule has 102 valence electrons. The van der Waals surface area contributed by atoms with Crippen molar-refractivity contribution in [3.63, 3.8) is 0 Å². The van der Waals surface area contributed by atoms with Crippen molar-refractivity contribution < 1.29 is 8.81 Å². The standard InChI is InChI=1S/C14H12FN3OS/c1-8(15)13-17-18-7-10(16-14(18)20-13)12-6-9-4-2-3-5-11(9)19-12/h2-8,13,17H,1H3. The van der Waals surface area contributed by atoms with Crippen LogP contribution in [0.5, 0.6) is 0 Å². The van der Waals surface area contributed by atoms with E-state index < -0.39 is 6.17 Å². The number of nitrogens with zero attached hydrogens (tertiary/aromatic N) is 2. The average molecular weight is 289 g/mol. The van der Waals surface area contributed by atoms with Crippen LogP contribution in [0.3, 0.4) is 0 Å². The second kappa shape index (κ2) is 4.28. The number of hydrogen-bond acceptors (Lipinski definition) is 4. The van der Waals surface area contributed by atoms with Crippen LogP contribution in [-0.2, 0) is 0 Å². The molecule has 4 rings (SSSR count). The largest absolute Gasteiger partial charge is 0.454 e. The fourth-order valence-corrected chi connectivity index (χ4v) is 3.19. The molecule has 0 saturated heterocycles. The summed E-state index contributed by atoms with van der Waals surface area (Å²) in [6.07, 6.45) is 0.902. The Morgan fingerprint density at radius 1 is 1.45 bits per heavy atom. The molecule has 0 fully saturated rings. The molecule has 6 heteroatoms. The summed E-state index contributed by atoms with van der Waals surface area (Å²) in [6, 6.07) is 9.80. The summed E-state index contributed by atoms with van der Waals surface area (Å²) in [5, 5.41) is 1.53. The van der Waals surface area contributed by atoms with Crippen LogP contribution < -0.4 is 5.43 Å². The molecule has 0 spiro atoms. The number of imidazole rings is 1.